The maximum absolute atomic E-state index is 12.2. The van der Waals surface area contributed by atoms with Crippen LogP contribution in [0.15, 0.2) is 27.5 Å². The Morgan fingerprint density at radius 1 is 1.33 bits per heavy atom. The maximum Gasteiger partial charge on any atom is 0.257 e. The quantitative estimate of drug-likeness (QED) is 0.852. The fourth-order valence-electron chi connectivity index (χ4n) is 2.52. The van der Waals surface area contributed by atoms with Crippen LogP contribution in [0.25, 0.3) is 0 Å². The third-order valence-corrected chi connectivity index (χ3v) is 3.82. The zero-order valence-corrected chi connectivity index (χ0v) is 12.2. The van der Waals surface area contributed by atoms with Crippen LogP contribution in [0.5, 0.6) is 0 Å². The van der Waals surface area contributed by atoms with Gasteiger partial charge < -0.3 is 13.8 Å². The fourth-order valence-corrected chi connectivity index (χ4v) is 2.52. The number of carbonyl (C=O) groups is 1. The summed E-state index contributed by atoms with van der Waals surface area (Å²) in [4.78, 5) is 20.6. The van der Waals surface area contributed by atoms with Crippen LogP contribution in [0.3, 0.4) is 0 Å². The first kappa shape index (κ1) is 13.8. The first-order chi connectivity index (χ1) is 10.1. The van der Waals surface area contributed by atoms with Crippen LogP contribution in [0.4, 0.5) is 0 Å². The molecule has 3 rings (SSSR count). The van der Waals surface area contributed by atoms with Crippen molar-refractivity contribution in [2.24, 2.45) is 0 Å². The lowest BCUT2D eigenvalue weighted by atomic mass is 10.2. The number of hydrogen-bond donors (Lipinski definition) is 0. The van der Waals surface area contributed by atoms with Crippen molar-refractivity contribution in [1.29, 1.82) is 0 Å². The molecule has 1 atom stereocenters. The summed E-state index contributed by atoms with van der Waals surface area (Å²) in [6.07, 6.45) is 3.00. The summed E-state index contributed by atoms with van der Waals surface area (Å²) in [5.74, 6) is 1.29. The van der Waals surface area contributed by atoms with Gasteiger partial charge in [0, 0.05) is 26.2 Å². The Kier molecular flexibility index (Phi) is 3.74. The second kappa shape index (κ2) is 5.69. The predicted molar refractivity (Wildman–Crippen MR) is 73.6 cm³/mol. The molecule has 1 saturated heterocycles. The monoisotopic (exact) mass is 290 g/mol. The Morgan fingerprint density at radius 2 is 2.10 bits per heavy atom. The molecule has 0 radical (unpaired) electrons. The standard InChI is InChI=1S/C14H18N4O3/c1-10(13-15-11(2)16-21-13)17-4-6-18(7-5-17)14(19)12-3-8-20-9-12/h3,8-10H,4-7H2,1-2H3/t10-/m0/s1. The number of aromatic nitrogens is 2. The third kappa shape index (κ3) is 2.82. The van der Waals surface area contributed by atoms with Gasteiger partial charge in [-0.2, -0.15) is 4.98 Å². The van der Waals surface area contributed by atoms with Gasteiger partial charge in [0.25, 0.3) is 5.91 Å². The van der Waals surface area contributed by atoms with E-state index in [-0.39, 0.29) is 11.9 Å². The summed E-state index contributed by atoms with van der Waals surface area (Å²) in [5.41, 5.74) is 0.601. The zero-order valence-electron chi connectivity index (χ0n) is 12.2. The highest BCUT2D eigenvalue weighted by Gasteiger charge is 2.27. The molecule has 1 fully saturated rings. The summed E-state index contributed by atoms with van der Waals surface area (Å²) < 4.78 is 10.2. The number of amides is 1. The van der Waals surface area contributed by atoms with E-state index in [0.717, 1.165) is 13.1 Å². The van der Waals surface area contributed by atoms with Gasteiger partial charge in [-0.1, -0.05) is 5.16 Å². The lowest BCUT2D eigenvalue weighted by molar-refractivity contribution is 0.0551. The Bertz CT molecular complexity index is 600. The van der Waals surface area contributed by atoms with Gasteiger partial charge in [-0.3, -0.25) is 9.69 Å². The van der Waals surface area contributed by atoms with Crippen molar-refractivity contribution in [1.82, 2.24) is 19.9 Å². The zero-order chi connectivity index (χ0) is 14.8. The largest absolute Gasteiger partial charge is 0.472 e. The van der Waals surface area contributed by atoms with E-state index in [1.54, 1.807) is 13.0 Å². The normalized spacial score (nSPS) is 17.9. The van der Waals surface area contributed by atoms with E-state index in [1.807, 2.05) is 11.8 Å². The summed E-state index contributed by atoms with van der Waals surface area (Å²) >= 11 is 0. The van der Waals surface area contributed by atoms with E-state index in [9.17, 15) is 4.79 Å². The van der Waals surface area contributed by atoms with Crippen LogP contribution in [-0.4, -0.2) is 52.0 Å². The summed E-state index contributed by atoms with van der Waals surface area (Å²) in [6.45, 7) is 6.78. The van der Waals surface area contributed by atoms with Gasteiger partial charge in [-0.25, -0.2) is 0 Å². The van der Waals surface area contributed by atoms with E-state index in [2.05, 4.69) is 15.0 Å². The topological polar surface area (TPSA) is 75.6 Å². The highest BCUT2D eigenvalue weighted by molar-refractivity contribution is 5.93. The number of aryl methyl sites for hydroxylation is 1. The van der Waals surface area contributed by atoms with Gasteiger partial charge in [0.2, 0.25) is 5.89 Å². The van der Waals surface area contributed by atoms with E-state index >= 15 is 0 Å². The van der Waals surface area contributed by atoms with E-state index < -0.39 is 0 Å². The molecule has 7 nitrogen and oxygen atoms in total. The van der Waals surface area contributed by atoms with Crippen LogP contribution in [0.2, 0.25) is 0 Å². The summed E-state index contributed by atoms with van der Waals surface area (Å²) in [7, 11) is 0. The molecule has 2 aromatic heterocycles. The highest BCUT2D eigenvalue weighted by Crippen LogP contribution is 2.20. The average Bonchev–Trinajstić information content (AvgIpc) is 3.17. The molecule has 0 N–H and O–H groups in total. The molecule has 0 aliphatic carbocycles. The van der Waals surface area contributed by atoms with Crippen molar-refractivity contribution >= 4 is 5.91 Å². The second-order valence-electron chi connectivity index (χ2n) is 5.20. The lowest BCUT2D eigenvalue weighted by Gasteiger charge is -2.36. The molecule has 2 aromatic rings. The van der Waals surface area contributed by atoms with E-state index in [4.69, 9.17) is 8.94 Å². The van der Waals surface area contributed by atoms with Crippen LogP contribution in [0.1, 0.15) is 35.0 Å². The minimum absolute atomic E-state index is 0.0182. The SMILES string of the molecule is Cc1noc([C@H](C)N2CCN(C(=O)c3ccoc3)CC2)n1. The van der Waals surface area contributed by atoms with Gasteiger partial charge in [0.05, 0.1) is 17.9 Å². The van der Waals surface area contributed by atoms with Crippen LogP contribution in [-0.2, 0) is 0 Å². The molecule has 1 aliphatic rings. The molecule has 3 heterocycles. The molecule has 0 saturated carbocycles. The average molecular weight is 290 g/mol. The molecule has 0 unspecified atom stereocenters. The Hall–Kier alpha value is -2.15. The second-order valence-corrected chi connectivity index (χ2v) is 5.20. The van der Waals surface area contributed by atoms with Crippen molar-refractivity contribution in [3.8, 4) is 0 Å². The van der Waals surface area contributed by atoms with Crippen LogP contribution >= 0.6 is 0 Å². The number of rotatable bonds is 3. The van der Waals surface area contributed by atoms with Crippen LogP contribution in [0, 0.1) is 6.92 Å². The van der Waals surface area contributed by atoms with E-state index in [0.29, 0.717) is 30.4 Å². The predicted octanol–water partition coefficient (Wildman–Crippen LogP) is 1.49. The minimum atomic E-state index is 0.0182. The first-order valence-electron chi connectivity index (χ1n) is 7.01. The summed E-state index contributed by atoms with van der Waals surface area (Å²) in [6, 6.07) is 1.76. The number of hydrogen-bond acceptors (Lipinski definition) is 6. The van der Waals surface area contributed by atoms with Crippen LogP contribution < -0.4 is 0 Å². The van der Waals surface area contributed by atoms with Gasteiger partial charge in [-0.15, -0.1) is 0 Å². The Labute approximate surface area is 122 Å². The molecule has 112 valence electrons. The van der Waals surface area contributed by atoms with Crippen molar-refractivity contribution in [2.75, 3.05) is 26.2 Å². The number of nitrogens with zero attached hydrogens (tertiary/aromatic N) is 4. The molecule has 1 aliphatic heterocycles. The van der Waals surface area contributed by atoms with Gasteiger partial charge in [0.15, 0.2) is 5.82 Å². The van der Waals surface area contributed by atoms with Gasteiger partial charge >= 0.3 is 0 Å². The van der Waals surface area contributed by atoms with Crippen molar-refractivity contribution < 1.29 is 13.7 Å². The number of piperazine rings is 1. The minimum Gasteiger partial charge on any atom is -0.472 e. The molecule has 0 spiro atoms. The van der Waals surface area contributed by atoms with Crippen molar-refractivity contribution in [2.45, 2.75) is 19.9 Å². The first-order valence-corrected chi connectivity index (χ1v) is 7.01. The molecular formula is C14H18N4O3. The van der Waals surface area contributed by atoms with Gasteiger partial charge in [0.1, 0.15) is 6.26 Å². The molecule has 21 heavy (non-hydrogen) atoms. The third-order valence-electron chi connectivity index (χ3n) is 3.82. The van der Waals surface area contributed by atoms with Crippen molar-refractivity contribution in [3.05, 3.63) is 35.9 Å². The van der Waals surface area contributed by atoms with Gasteiger partial charge in [-0.05, 0) is 19.9 Å². The number of carbonyl (C=O) groups excluding carboxylic acids is 1. The maximum atomic E-state index is 12.2. The fraction of sp³-hybridized carbons (Fsp3) is 0.500. The lowest BCUT2D eigenvalue weighted by Crippen LogP contribution is -2.49. The molecule has 0 bridgehead atoms. The van der Waals surface area contributed by atoms with E-state index in [1.165, 1.54) is 12.5 Å². The smallest absolute Gasteiger partial charge is 0.257 e. The Balaban J connectivity index is 1.59. The summed E-state index contributed by atoms with van der Waals surface area (Å²) in [5, 5.41) is 3.82. The molecular weight excluding hydrogens is 272 g/mol. The number of furan rings is 1. The Morgan fingerprint density at radius 3 is 2.67 bits per heavy atom. The van der Waals surface area contributed by atoms with Crippen molar-refractivity contribution in [3.63, 3.8) is 0 Å². The molecule has 1 amide bonds. The molecule has 7 heteroatoms. The highest BCUT2D eigenvalue weighted by atomic mass is 16.5. The molecule has 0 aromatic carbocycles.